The van der Waals surface area contributed by atoms with Gasteiger partial charge in [0, 0.05) is 13.1 Å². The normalized spacial score (nSPS) is 26.2. The van der Waals surface area contributed by atoms with Crippen molar-refractivity contribution < 1.29 is 19.5 Å². The first kappa shape index (κ1) is 15.5. The molecule has 19 heavy (non-hydrogen) atoms. The number of carboxylic acid groups (broad SMARTS) is 1. The Morgan fingerprint density at radius 1 is 1.47 bits per heavy atom. The quantitative estimate of drug-likeness (QED) is 0.460. The van der Waals surface area contributed by atoms with Crippen molar-refractivity contribution in [1.29, 1.82) is 0 Å². The van der Waals surface area contributed by atoms with Crippen LogP contribution in [0.3, 0.4) is 0 Å². The van der Waals surface area contributed by atoms with E-state index in [1.54, 1.807) is 0 Å². The molecule has 6 nitrogen and oxygen atoms in total. The maximum absolute atomic E-state index is 10.8. The maximum atomic E-state index is 10.8. The van der Waals surface area contributed by atoms with Crippen LogP contribution in [0.4, 0.5) is 0 Å². The molecule has 1 N–H and O–H groups in total. The van der Waals surface area contributed by atoms with Crippen LogP contribution in [0, 0.1) is 11.8 Å². The van der Waals surface area contributed by atoms with Gasteiger partial charge in [-0.3, -0.25) is 4.90 Å². The molecule has 0 amide bonds. The lowest BCUT2D eigenvalue weighted by molar-refractivity contribution is -0.129. The number of morpholine rings is 1. The highest BCUT2D eigenvalue weighted by molar-refractivity contribution is 6.42. The standard InChI is InChI=1S/C13H20N2O4/c1-9(5-6-12(13(16)17)14-18-4)15-7-10(2)19-11(3)8-15/h9-11H,7-8H2,1-4H3,(H,16,17). The number of ether oxygens (including phenoxy) is 1. The summed E-state index contributed by atoms with van der Waals surface area (Å²) in [7, 11) is 1.29. The molecule has 0 aromatic heterocycles. The number of hydrogen-bond donors (Lipinski definition) is 1. The van der Waals surface area contributed by atoms with Gasteiger partial charge >= 0.3 is 5.97 Å². The van der Waals surface area contributed by atoms with E-state index in [2.05, 4.69) is 26.7 Å². The Morgan fingerprint density at radius 3 is 2.53 bits per heavy atom. The minimum Gasteiger partial charge on any atom is -0.476 e. The van der Waals surface area contributed by atoms with Gasteiger partial charge in [0.1, 0.15) is 7.11 Å². The summed E-state index contributed by atoms with van der Waals surface area (Å²) in [6.07, 6.45) is 0.305. The second kappa shape index (κ2) is 7.12. The average Bonchev–Trinajstić information content (AvgIpc) is 2.32. The smallest absolute Gasteiger partial charge is 0.366 e. The first-order chi connectivity index (χ1) is 8.93. The largest absolute Gasteiger partial charge is 0.476 e. The number of carbonyl (C=O) groups is 1. The SMILES string of the molecule is CON=C(C#CC(C)N1CC(C)OC(C)C1)C(=O)O. The van der Waals surface area contributed by atoms with E-state index >= 15 is 0 Å². The van der Waals surface area contributed by atoms with E-state index in [4.69, 9.17) is 9.84 Å². The van der Waals surface area contributed by atoms with Gasteiger partial charge in [0.05, 0.1) is 18.2 Å². The number of carboxylic acids is 1. The van der Waals surface area contributed by atoms with E-state index in [1.807, 2.05) is 20.8 Å². The van der Waals surface area contributed by atoms with Crippen LogP contribution in [0.15, 0.2) is 5.16 Å². The zero-order valence-corrected chi connectivity index (χ0v) is 11.7. The average molecular weight is 268 g/mol. The molecule has 0 aromatic carbocycles. The maximum Gasteiger partial charge on any atom is 0.366 e. The lowest BCUT2D eigenvalue weighted by atomic mass is 10.1. The van der Waals surface area contributed by atoms with Crippen molar-refractivity contribution in [2.75, 3.05) is 20.2 Å². The molecule has 0 radical (unpaired) electrons. The summed E-state index contributed by atoms with van der Waals surface area (Å²) < 4.78 is 5.64. The molecule has 6 heteroatoms. The Kier molecular flexibility index (Phi) is 5.80. The van der Waals surface area contributed by atoms with Crippen LogP contribution < -0.4 is 0 Å². The van der Waals surface area contributed by atoms with Gasteiger partial charge in [0.15, 0.2) is 0 Å². The summed E-state index contributed by atoms with van der Waals surface area (Å²) >= 11 is 0. The Morgan fingerprint density at radius 2 is 2.05 bits per heavy atom. The monoisotopic (exact) mass is 268 g/mol. The van der Waals surface area contributed by atoms with Gasteiger partial charge in [-0.1, -0.05) is 11.1 Å². The van der Waals surface area contributed by atoms with Crippen molar-refractivity contribution in [3.8, 4) is 11.8 Å². The molecule has 1 rings (SSSR count). The molecule has 1 heterocycles. The molecule has 0 bridgehead atoms. The fourth-order valence-electron chi connectivity index (χ4n) is 2.00. The van der Waals surface area contributed by atoms with Crippen molar-refractivity contribution in [3.05, 3.63) is 0 Å². The van der Waals surface area contributed by atoms with Crippen molar-refractivity contribution in [3.63, 3.8) is 0 Å². The fraction of sp³-hybridized carbons (Fsp3) is 0.692. The molecular weight excluding hydrogens is 248 g/mol. The van der Waals surface area contributed by atoms with Gasteiger partial charge in [0.2, 0.25) is 5.71 Å². The van der Waals surface area contributed by atoms with E-state index in [1.165, 1.54) is 7.11 Å². The lowest BCUT2D eigenvalue weighted by Gasteiger charge is -2.37. The third-order valence-corrected chi connectivity index (χ3v) is 2.78. The van der Waals surface area contributed by atoms with E-state index < -0.39 is 5.97 Å². The van der Waals surface area contributed by atoms with Crippen LogP contribution in [-0.4, -0.2) is 60.1 Å². The van der Waals surface area contributed by atoms with Gasteiger partial charge in [-0.2, -0.15) is 0 Å². The third-order valence-electron chi connectivity index (χ3n) is 2.78. The van der Waals surface area contributed by atoms with Crippen LogP contribution in [0.25, 0.3) is 0 Å². The second-order valence-corrected chi connectivity index (χ2v) is 4.58. The molecule has 1 aliphatic heterocycles. The predicted molar refractivity (Wildman–Crippen MR) is 70.9 cm³/mol. The minimum absolute atomic E-state index is 0.0600. The van der Waals surface area contributed by atoms with Gasteiger partial charge in [-0.25, -0.2) is 4.79 Å². The van der Waals surface area contributed by atoms with Crippen molar-refractivity contribution in [1.82, 2.24) is 4.90 Å². The van der Waals surface area contributed by atoms with E-state index in [9.17, 15) is 4.79 Å². The first-order valence-corrected chi connectivity index (χ1v) is 6.19. The molecule has 0 aromatic rings. The number of oxime groups is 1. The van der Waals surface area contributed by atoms with Gasteiger partial charge in [0.25, 0.3) is 0 Å². The summed E-state index contributed by atoms with van der Waals surface area (Å²) in [6.45, 7) is 7.52. The summed E-state index contributed by atoms with van der Waals surface area (Å²) in [5, 5.41) is 12.2. The predicted octanol–water partition coefficient (Wildman–Crippen LogP) is 0.574. The Bertz CT molecular complexity index is 401. The number of rotatable bonds is 3. The van der Waals surface area contributed by atoms with Crippen molar-refractivity contribution >= 4 is 11.7 Å². The van der Waals surface area contributed by atoms with E-state index in [0.717, 1.165) is 13.1 Å². The summed E-state index contributed by atoms with van der Waals surface area (Å²) in [5.74, 6) is 4.24. The molecule has 1 aliphatic rings. The summed E-state index contributed by atoms with van der Waals surface area (Å²) in [4.78, 5) is 17.4. The van der Waals surface area contributed by atoms with Gasteiger partial charge in [-0.05, 0) is 26.7 Å². The molecule has 0 aliphatic carbocycles. The Labute approximate surface area is 113 Å². The van der Waals surface area contributed by atoms with Crippen molar-refractivity contribution in [2.24, 2.45) is 5.16 Å². The van der Waals surface area contributed by atoms with Crippen LogP contribution >= 0.6 is 0 Å². The Balaban J connectivity index is 2.71. The molecular formula is C13H20N2O4. The number of nitrogens with zero attached hydrogens (tertiary/aromatic N) is 2. The van der Waals surface area contributed by atoms with Crippen LogP contribution in [0.5, 0.6) is 0 Å². The first-order valence-electron chi connectivity index (χ1n) is 6.19. The zero-order valence-electron chi connectivity index (χ0n) is 11.7. The highest BCUT2D eigenvalue weighted by Gasteiger charge is 2.24. The molecule has 1 fully saturated rings. The van der Waals surface area contributed by atoms with E-state index in [-0.39, 0.29) is 24.0 Å². The molecule has 0 spiro atoms. The van der Waals surface area contributed by atoms with Gasteiger partial charge in [-0.15, -0.1) is 0 Å². The van der Waals surface area contributed by atoms with E-state index in [0.29, 0.717) is 0 Å². The highest BCUT2D eigenvalue weighted by Crippen LogP contribution is 2.12. The molecule has 0 saturated carbocycles. The minimum atomic E-state index is -1.19. The highest BCUT2D eigenvalue weighted by atomic mass is 16.6. The second-order valence-electron chi connectivity index (χ2n) is 4.58. The molecule has 106 valence electrons. The van der Waals surface area contributed by atoms with Crippen LogP contribution in [0.2, 0.25) is 0 Å². The molecule has 1 saturated heterocycles. The molecule has 3 atom stereocenters. The fourth-order valence-corrected chi connectivity index (χ4v) is 2.00. The van der Waals surface area contributed by atoms with Crippen LogP contribution in [-0.2, 0) is 14.4 Å². The van der Waals surface area contributed by atoms with Crippen molar-refractivity contribution in [2.45, 2.75) is 39.0 Å². The summed E-state index contributed by atoms with van der Waals surface area (Å²) in [5.41, 5.74) is -0.288. The number of aliphatic carboxylic acids is 1. The third kappa shape index (κ3) is 4.89. The summed E-state index contributed by atoms with van der Waals surface area (Å²) in [6, 6.07) is -0.0600. The zero-order chi connectivity index (χ0) is 14.4. The Hall–Kier alpha value is -1.58. The number of hydrogen-bond acceptors (Lipinski definition) is 5. The van der Waals surface area contributed by atoms with Gasteiger partial charge < -0.3 is 14.7 Å². The molecule has 3 unspecified atom stereocenters. The van der Waals surface area contributed by atoms with Crippen LogP contribution in [0.1, 0.15) is 20.8 Å². The topological polar surface area (TPSA) is 71.4 Å². The lowest BCUT2D eigenvalue weighted by Crippen LogP contribution is -2.48.